The van der Waals surface area contributed by atoms with Crippen LogP contribution >= 0.6 is 0 Å². The largest absolute Gasteiger partial charge is 0.280 e. The Morgan fingerprint density at radius 2 is 1.35 bits per heavy atom. The van der Waals surface area contributed by atoms with Crippen LogP contribution in [0.5, 0.6) is 0 Å². The van der Waals surface area contributed by atoms with Gasteiger partial charge in [-0.2, -0.15) is 0 Å². The molecule has 84 valence electrons. The van der Waals surface area contributed by atoms with Gasteiger partial charge in [0.2, 0.25) is 0 Å². The Hall–Kier alpha value is -1.93. The van der Waals surface area contributed by atoms with Crippen molar-refractivity contribution in [2.45, 2.75) is 12.2 Å². The number of benzene rings is 2. The van der Waals surface area contributed by atoms with E-state index in [1.165, 1.54) is 11.1 Å². The summed E-state index contributed by atoms with van der Waals surface area (Å²) in [7, 11) is 0. The summed E-state index contributed by atoms with van der Waals surface area (Å²) >= 11 is 0. The van der Waals surface area contributed by atoms with Crippen LogP contribution in [0.3, 0.4) is 0 Å². The van der Waals surface area contributed by atoms with Crippen LogP contribution in [0.25, 0.3) is 0 Å². The third kappa shape index (κ3) is 2.12. The van der Waals surface area contributed by atoms with Gasteiger partial charge in [0.05, 0.1) is 6.04 Å². The summed E-state index contributed by atoms with van der Waals surface area (Å²) in [6.07, 6.45) is 2.08. The second kappa shape index (κ2) is 4.52. The zero-order chi connectivity index (χ0) is 11.5. The Bertz CT molecular complexity index is 457. The molecule has 2 unspecified atom stereocenters. The molecule has 0 aliphatic carbocycles. The highest BCUT2D eigenvalue weighted by molar-refractivity contribution is 5.69. The molecule has 0 spiro atoms. The molecule has 0 fully saturated rings. The normalized spacial score (nSPS) is 22.8. The number of nitrogens with one attached hydrogen (secondary N) is 1. The molecule has 2 aromatic rings. The Morgan fingerprint density at radius 3 is 2.00 bits per heavy atom. The van der Waals surface area contributed by atoms with Gasteiger partial charge in [0.15, 0.2) is 0 Å². The summed E-state index contributed by atoms with van der Waals surface area (Å²) in [5, 5.41) is 3.50. The van der Waals surface area contributed by atoms with Gasteiger partial charge in [0, 0.05) is 6.21 Å². The predicted octanol–water partition coefficient (Wildman–Crippen LogP) is 3.10. The molecule has 0 amide bonds. The Kier molecular flexibility index (Phi) is 2.72. The number of aliphatic imine (C=N–C) groups is 1. The van der Waals surface area contributed by atoms with Crippen LogP contribution in [0.4, 0.5) is 0 Å². The standard InChI is InChI=1S/C15H14N2/c1-3-7-12(8-4-1)14-11-16-15(17-14)13-9-5-2-6-10-13/h1-11,14-15,17H. The minimum absolute atomic E-state index is 0.0846. The Balaban J connectivity index is 1.78. The highest BCUT2D eigenvalue weighted by atomic mass is 15.1. The fourth-order valence-electron chi connectivity index (χ4n) is 2.09. The maximum Gasteiger partial charge on any atom is 0.125 e. The second-order valence-corrected chi connectivity index (χ2v) is 4.17. The monoisotopic (exact) mass is 222 g/mol. The van der Waals surface area contributed by atoms with Crippen molar-refractivity contribution >= 4 is 6.21 Å². The lowest BCUT2D eigenvalue weighted by atomic mass is 10.1. The van der Waals surface area contributed by atoms with Crippen molar-refractivity contribution in [1.29, 1.82) is 0 Å². The number of hydrogen-bond acceptors (Lipinski definition) is 2. The summed E-state index contributed by atoms with van der Waals surface area (Å²) in [5.74, 6) is 0. The van der Waals surface area contributed by atoms with Crippen molar-refractivity contribution in [1.82, 2.24) is 5.32 Å². The molecular weight excluding hydrogens is 208 g/mol. The van der Waals surface area contributed by atoms with E-state index in [0.717, 1.165) is 0 Å². The minimum atomic E-state index is 0.0846. The Labute approximate surface area is 101 Å². The van der Waals surface area contributed by atoms with Gasteiger partial charge in [-0.1, -0.05) is 60.7 Å². The van der Waals surface area contributed by atoms with Crippen LogP contribution in [0.15, 0.2) is 65.7 Å². The first-order chi connectivity index (χ1) is 8.43. The van der Waals surface area contributed by atoms with Gasteiger partial charge in [-0.05, 0) is 11.1 Å². The molecule has 1 aliphatic heterocycles. The first-order valence-electron chi connectivity index (χ1n) is 5.83. The van der Waals surface area contributed by atoms with E-state index in [1.807, 2.05) is 30.5 Å². The summed E-state index contributed by atoms with van der Waals surface area (Å²) in [6.45, 7) is 0. The molecule has 3 rings (SSSR count). The molecule has 1 heterocycles. The van der Waals surface area contributed by atoms with Crippen molar-refractivity contribution in [3.63, 3.8) is 0 Å². The molecule has 2 aromatic carbocycles. The number of nitrogens with zero attached hydrogens (tertiary/aromatic N) is 1. The van der Waals surface area contributed by atoms with Gasteiger partial charge in [0.25, 0.3) is 0 Å². The molecule has 2 atom stereocenters. The lowest BCUT2D eigenvalue weighted by Crippen LogP contribution is -2.19. The molecule has 17 heavy (non-hydrogen) atoms. The van der Waals surface area contributed by atoms with E-state index in [9.17, 15) is 0 Å². The summed E-state index contributed by atoms with van der Waals surface area (Å²) < 4.78 is 0. The van der Waals surface area contributed by atoms with Crippen molar-refractivity contribution in [3.05, 3.63) is 71.8 Å². The zero-order valence-electron chi connectivity index (χ0n) is 9.45. The van der Waals surface area contributed by atoms with Gasteiger partial charge >= 0.3 is 0 Å². The SMILES string of the molecule is C1=NC(c2ccccc2)NC1c1ccccc1. The van der Waals surface area contributed by atoms with E-state index in [2.05, 4.69) is 46.7 Å². The summed E-state index contributed by atoms with van der Waals surface area (Å²) in [5.41, 5.74) is 2.47. The average molecular weight is 222 g/mol. The van der Waals surface area contributed by atoms with Crippen LogP contribution in [-0.2, 0) is 0 Å². The predicted molar refractivity (Wildman–Crippen MR) is 70.0 cm³/mol. The molecule has 0 saturated heterocycles. The van der Waals surface area contributed by atoms with Gasteiger partial charge in [-0.15, -0.1) is 0 Å². The first-order valence-corrected chi connectivity index (χ1v) is 5.83. The van der Waals surface area contributed by atoms with Crippen LogP contribution in [0, 0.1) is 0 Å². The molecule has 2 heteroatoms. The summed E-state index contributed by atoms with van der Waals surface area (Å²) in [4.78, 5) is 4.53. The van der Waals surface area contributed by atoms with Crippen LogP contribution in [0.1, 0.15) is 23.3 Å². The maximum atomic E-state index is 4.53. The van der Waals surface area contributed by atoms with Crippen molar-refractivity contribution in [2.75, 3.05) is 0 Å². The van der Waals surface area contributed by atoms with Crippen LogP contribution < -0.4 is 5.32 Å². The van der Waals surface area contributed by atoms with E-state index < -0.39 is 0 Å². The Morgan fingerprint density at radius 1 is 0.765 bits per heavy atom. The van der Waals surface area contributed by atoms with Crippen molar-refractivity contribution < 1.29 is 0 Å². The smallest absolute Gasteiger partial charge is 0.125 e. The average Bonchev–Trinajstić information content (AvgIpc) is 2.90. The molecule has 0 bridgehead atoms. The van der Waals surface area contributed by atoms with E-state index in [0.29, 0.717) is 0 Å². The summed E-state index contributed by atoms with van der Waals surface area (Å²) in [6, 6.07) is 20.9. The van der Waals surface area contributed by atoms with E-state index in [-0.39, 0.29) is 12.2 Å². The van der Waals surface area contributed by atoms with Gasteiger partial charge < -0.3 is 0 Å². The van der Waals surface area contributed by atoms with Crippen LogP contribution in [-0.4, -0.2) is 6.21 Å². The van der Waals surface area contributed by atoms with Crippen molar-refractivity contribution in [2.24, 2.45) is 4.99 Å². The maximum absolute atomic E-state index is 4.53. The van der Waals surface area contributed by atoms with E-state index >= 15 is 0 Å². The third-order valence-corrected chi connectivity index (χ3v) is 3.00. The lowest BCUT2D eigenvalue weighted by molar-refractivity contribution is 0.575. The van der Waals surface area contributed by atoms with Gasteiger partial charge in [0.1, 0.15) is 6.17 Å². The number of rotatable bonds is 2. The third-order valence-electron chi connectivity index (χ3n) is 3.00. The topological polar surface area (TPSA) is 24.4 Å². The fraction of sp³-hybridized carbons (Fsp3) is 0.133. The van der Waals surface area contributed by atoms with Crippen LogP contribution in [0.2, 0.25) is 0 Å². The molecule has 0 aromatic heterocycles. The lowest BCUT2D eigenvalue weighted by Gasteiger charge is -2.13. The first kappa shape index (κ1) is 10.2. The molecule has 0 saturated carbocycles. The van der Waals surface area contributed by atoms with Gasteiger partial charge in [-0.3, -0.25) is 10.3 Å². The highest BCUT2D eigenvalue weighted by Gasteiger charge is 2.20. The molecular formula is C15H14N2. The molecule has 1 N–H and O–H groups in total. The fourth-order valence-corrected chi connectivity index (χ4v) is 2.09. The van der Waals surface area contributed by atoms with E-state index in [1.54, 1.807) is 0 Å². The van der Waals surface area contributed by atoms with Crippen molar-refractivity contribution in [3.8, 4) is 0 Å². The number of hydrogen-bond donors (Lipinski definition) is 1. The molecule has 0 radical (unpaired) electrons. The quantitative estimate of drug-likeness (QED) is 0.829. The second-order valence-electron chi connectivity index (χ2n) is 4.17. The highest BCUT2D eigenvalue weighted by Crippen LogP contribution is 2.24. The molecule has 2 nitrogen and oxygen atoms in total. The minimum Gasteiger partial charge on any atom is -0.280 e. The zero-order valence-corrected chi connectivity index (χ0v) is 9.45. The van der Waals surface area contributed by atoms with E-state index in [4.69, 9.17) is 0 Å². The molecule has 1 aliphatic rings. The van der Waals surface area contributed by atoms with Gasteiger partial charge in [-0.25, -0.2) is 0 Å².